The molecule has 94 valence electrons. The lowest BCUT2D eigenvalue weighted by Crippen LogP contribution is -2.07. The second kappa shape index (κ2) is 7.01. The molecule has 1 rings (SSSR count). The van der Waals surface area contributed by atoms with Gasteiger partial charge in [-0.1, -0.05) is 0 Å². The summed E-state index contributed by atoms with van der Waals surface area (Å²) in [6, 6.07) is 4.88. The number of methoxy groups -OCH3 is 2. The molecule has 0 bridgehead atoms. The van der Waals surface area contributed by atoms with Crippen LogP contribution in [0.25, 0.3) is 0 Å². The topological polar surface area (TPSA) is 44.8 Å². The zero-order valence-corrected chi connectivity index (χ0v) is 10.6. The van der Waals surface area contributed by atoms with Gasteiger partial charge in [0, 0.05) is 5.88 Å². The molecule has 0 aliphatic rings. The molecule has 4 nitrogen and oxygen atoms in total. The highest BCUT2D eigenvalue weighted by atomic mass is 35.5. The molecule has 0 fully saturated rings. The Morgan fingerprint density at radius 3 is 2.53 bits per heavy atom. The number of benzene rings is 1. The fraction of sp³-hybridized carbons (Fsp3) is 0.417. The van der Waals surface area contributed by atoms with E-state index >= 15 is 0 Å². The third-order valence-corrected chi connectivity index (χ3v) is 2.40. The third-order valence-electron chi connectivity index (χ3n) is 2.13. The molecule has 0 heterocycles. The predicted molar refractivity (Wildman–Crippen MR) is 65.2 cm³/mol. The van der Waals surface area contributed by atoms with E-state index < -0.39 is 5.97 Å². The minimum absolute atomic E-state index is 0.316. The summed E-state index contributed by atoms with van der Waals surface area (Å²) in [5, 5.41) is 0. The number of ether oxygens (including phenoxy) is 3. The van der Waals surface area contributed by atoms with Gasteiger partial charge in [0.25, 0.3) is 0 Å². The quantitative estimate of drug-likeness (QED) is 0.447. The van der Waals surface area contributed by atoms with Crippen molar-refractivity contribution in [3.8, 4) is 11.5 Å². The SMILES string of the molecule is COc1ccc(C(=O)OCCCCl)cc1OC. The number of carbonyl (C=O) groups is 1. The van der Waals surface area contributed by atoms with Crippen molar-refractivity contribution in [2.75, 3.05) is 26.7 Å². The summed E-state index contributed by atoms with van der Waals surface area (Å²) in [5.41, 5.74) is 0.428. The summed E-state index contributed by atoms with van der Waals surface area (Å²) in [6.07, 6.45) is 0.639. The van der Waals surface area contributed by atoms with Crippen LogP contribution in [0.1, 0.15) is 16.8 Å². The van der Waals surface area contributed by atoms with Crippen LogP contribution in [0, 0.1) is 0 Å². The summed E-state index contributed by atoms with van der Waals surface area (Å²) in [7, 11) is 3.05. The van der Waals surface area contributed by atoms with Crippen molar-refractivity contribution in [2.45, 2.75) is 6.42 Å². The molecular formula is C12H15ClO4. The standard InChI is InChI=1S/C12H15ClO4/c1-15-10-5-4-9(8-11(10)16-2)12(14)17-7-3-6-13/h4-5,8H,3,6-7H2,1-2H3. The van der Waals surface area contributed by atoms with E-state index in [1.807, 2.05) is 0 Å². The molecule has 0 atom stereocenters. The van der Waals surface area contributed by atoms with Crippen molar-refractivity contribution >= 4 is 17.6 Å². The minimum Gasteiger partial charge on any atom is -0.493 e. The molecule has 0 aliphatic heterocycles. The highest BCUT2D eigenvalue weighted by Gasteiger charge is 2.11. The van der Waals surface area contributed by atoms with E-state index in [9.17, 15) is 4.79 Å². The van der Waals surface area contributed by atoms with Crippen LogP contribution in [0.2, 0.25) is 0 Å². The first-order valence-electron chi connectivity index (χ1n) is 5.18. The predicted octanol–water partition coefficient (Wildman–Crippen LogP) is 2.49. The number of carbonyl (C=O) groups excluding carboxylic acids is 1. The van der Waals surface area contributed by atoms with Crippen molar-refractivity contribution < 1.29 is 19.0 Å². The van der Waals surface area contributed by atoms with Crippen LogP contribution in [0.15, 0.2) is 18.2 Å². The van der Waals surface area contributed by atoms with Crippen molar-refractivity contribution in [3.05, 3.63) is 23.8 Å². The molecule has 0 amide bonds. The van der Waals surface area contributed by atoms with Crippen LogP contribution in [0.4, 0.5) is 0 Å². The molecule has 0 radical (unpaired) electrons. The fourth-order valence-corrected chi connectivity index (χ4v) is 1.38. The van der Waals surface area contributed by atoms with Gasteiger partial charge in [0.05, 0.1) is 26.4 Å². The van der Waals surface area contributed by atoms with Crippen LogP contribution < -0.4 is 9.47 Å². The van der Waals surface area contributed by atoms with Crippen molar-refractivity contribution in [1.82, 2.24) is 0 Å². The Morgan fingerprint density at radius 1 is 1.24 bits per heavy atom. The molecule has 0 N–H and O–H groups in total. The molecule has 0 saturated carbocycles. The van der Waals surface area contributed by atoms with Crippen LogP contribution in [-0.4, -0.2) is 32.7 Å². The number of halogens is 1. The molecule has 17 heavy (non-hydrogen) atoms. The van der Waals surface area contributed by atoms with Gasteiger partial charge in [0.2, 0.25) is 0 Å². The number of alkyl halides is 1. The van der Waals surface area contributed by atoms with Gasteiger partial charge in [-0.2, -0.15) is 0 Å². The van der Waals surface area contributed by atoms with Gasteiger partial charge in [-0.15, -0.1) is 11.6 Å². The second-order valence-corrected chi connectivity index (χ2v) is 3.63. The smallest absolute Gasteiger partial charge is 0.338 e. The molecule has 5 heteroatoms. The van der Waals surface area contributed by atoms with E-state index in [1.54, 1.807) is 18.2 Å². The highest BCUT2D eigenvalue weighted by Crippen LogP contribution is 2.27. The van der Waals surface area contributed by atoms with Crippen LogP contribution in [-0.2, 0) is 4.74 Å². The lowest BCUT2D eigenvalue weighted by atomic mass is 10.2. The Labute approximate surface area is 105 Å². The van der Waals surface area contributed by atoms with E-state index in [2.05, 4.69) is 0 Å². The summed E-state index contributed by atoms with van der Waals surface area (Å²) in [4.78, 5) is 11.6. The normalized spacial score (nSPS) is 9.82. The largest absolute Gasteiger partial charge is 0.493 e. The van der Waals surface area contributed by atoms with E-state index in [-0.39, 0.29) is 0 Å². The first kappa shape index (κ1) is 13.6. The number of hydrogen-bond acceptors (Lipinski definition) is 4. The van der Waals surface area contributed by atoms with Gasteiger partial charge >= 0.3 is 5.97 Å². The number of rotatable bonds is 6. The number of hydrogen-bond donors (Lipinski definition) is 0. The van der Waals surface area contributed by atoms with Gasteiger partial charge in [-0.25, -0.2) is 4.79 Å². The Morgan fingerprint density at radius 2 is 1.94 bits per heavy atom. The zero-order chi connectivity index (χ0) is 12.7. The molecule has 0 aliphatic carbocycles. The Hall–Kier alpha value is -1.42. The fourth-order valence-electron chi connectivity index (χ4n) is 1.27. The molecule has 0 spiro atoms. The van der Waals surface area contributed by atoms with Crippen molar-refractivity contribution in [1.29, 1.82) is 0 Å². The lowest BCUT2D eigenvalue weighted by Gasteiger charge is -2.09. The summed E-state index contributed by atoms with van der Waals surface area (Å²) in [5.74, 6) is 1.15. The van der Waals surface area contributed by atoms with Gasteiger partial charge in [-0.3, -0.25) is 0 Å². The monoisotopic (exact) mass is 258 g/mol. The third kappa shape index (κ3) is 3.82. The Balaban J connectivity index is 2.74. The maximum Gasteiger partial charge on any atom is 0.338 e. The first-order chi connectivity index (χ1) is 8.22. The van der Waals surface area contributed by atoms with Crippen LogP contribution >= 0.6 is 11.6 Å². The molecular weight excluding hydrogens is 244 g/mol. The van der Waals surface area contributed by atoms with E-state index in [0.717, 1.165) is 0 Å². The summed E-state index contributed by atoms with van der Waals surface area (Å²) in [6.45, 7) is 0.316. The molecule has 1 aromatic rings. The van der Waals surface area contributed by atoms with Crippen LogP contribution in [0.5, 0.6) is 11.5 Å². The van der Waals surface area contributed by atoms with E-state index in [4.69, 9.17) is 25.8 Å². The average molecular weight is 259 g/mol. The van der Waals surface area contributed by atoms with Crippen molar-refractivity contribution in [2.24, 2.45) is 0 Å². The Kier molecular flexibility index (Phi) is 5.63. The Bertz CT molecular complexity index is 379. The van der Waals surface area contributed by atoms with Gasteiger partial charge < -0.3 is 14.2 Å². The lowest BCUT2D eigenvalue weighted by molar-refractivity contribution is 0.0505. The maximum atomic E-state index is 11.6. The summed E-state index contributed by atoms with van der Waals surface area (Å²) >= 11 is 5.49. The molecule has 1 aromatic carbocycles. The van der Waals surface area contributed by atoms with Gasteiger partial charge in [-0.05, 0) is 24.6 Å². The second-order valence-electron chi connectivity index (χ2n) is 3.25. The average Bonchev–Trinajstić information content (AvgIpc) is 2.38. The first-order valence-corrected chi connectivity index (χ1v) is 5.71. The highest BCUT2D eigenvalue weighted by molar-refractivity contribution is 6.17. The van der Waals surface area contributed by atoms with E-state index in [1.165, 1.54) is 14.2 Å². The number of esters is 1. The van der Waals surface area contributed by atoms with Crippen molar-refractivity contribution in [3.63, 3.8) is 0 Å². The van der Waals surface area contributed by atoms with Gasteiger partial charge in [0.1, 0.15) is 0 Å². The molecule has 0 saturated heterocycles. The van der Waals surface area contributed by atoms with Crippen LogP contribution in [0.3, 0.4) is 0 Å². The summed E-state index contributed by atoms with van der Waals surface area (Å²) < 4.78 is 15.2. The zero-order valence-electron chi connectivity index (χ0n) is 9.86. The molecule has 0 unspecified atom stereocenters. The van der Waals surface area contributed by atoms with E-state index in [0.29, 0.717) is 36.0 Å². The minimum atomic E-state index is -0.393. The van der Waals surface area contributed by atoms with Gasteiger partial charge in [0.15, 0.2) is 11.5 Å². The molecule has 0 aromatic heterocycles. The maximum absolute atomic E-state index is 11.6.